The summed E-state index contributed by atoms with van der Waals surface area (Å²) in [6.07, 6.45) is 0.217. The number of aromatic amines is 1. The van der Waals surface area contributed by atoms with Gasteiger partial charge in [-0.2, -0.15) is 5.10 Å². The number of rotatable bonds is 5. The van der Waals surface area contributed by atoms with E-state index in [0.717, 1.165) is 0 Å². The van der Waals surface area contributed by atoms with E-state index in [9.17, 15) is 18.7 Å². The van der Waals surface area contributed by atoms with Crippen LogP contribution in [-0.2, 0) is 0 Å². The van der Waals surface area contributed by atoms with Crippen molar-refractivity contribution in [2.45, 2.75) is 6.10 Å². The van der Waals surface area contributed by atoms with Crippen LogP contribution in [0.3, 0.4) is 0 Å². The van der Waals surface area contributed by atoms with Crippen molar-refractivity contribution in [3.63, 3.8) is 0 Å². The summed E-state index contributed by atoms with van der Waals surface area (Å²) in [7, 11) is 0. The Morgan fingerprint density at radius 2 is 2.00 bits per heavy atom. The Morgan fingerprint density at radius 1 is 1.20 bits per heavy atom. The van der Waals surface area contributed by atoms with Crippen molar-refractivity contribution in [1.82, 2.24) is 15.5 Å². The molecule has 1 amide bonds. The molecule has 0 fully saturated rings. The second-order valence-corrected chi connectivity index (χ2v) is 5.42. The highest BCUT2D eigenvalue weighted by molar-refractivity contribution is 5.99. The predicted molar refractivity (Wildman–Crippen MR) is 87.7 cm³/mol. The number of nitrogens with one attached hydrogen (secondary N) is 2. The Morgan fingerprint density at radius 3 is 2.76 bits per heavy atom. The zero-order valence-corrected chi connectivity index (χ0v) is 13.0. The molecular weight excluding hydrogens is 328 g/mol. The molecule has 0 radical (unpaired) electrons. The highest BCUT2D eigenvalue weighted by Gasteiger charge is 2.18. The summed E-state index contributed by atoms with van der Waals surface area (Å²) in [5, 5.41) is 19.0. The summed E-state index contributed by atoms with van der Waals surface area (Å²) in [5.74, 6) is -1.48. The van der Waals surface area contributed by atoms with Crippen molar-refractivity contribution in [3.8, 4) is 11.3 Å². The van der Waals surface area contributed by atoms with Crippen molar-refractivity contribution in [3.05, 3.63) is 77.5 Å². The lowest BCUT2D eigenvalue weighted by Crippen LogP contribution is -2.28. The van der Waals surface area contributed by atoms with Gasteiger partial charge in [0.2, 0.25) is 0 Å². The average Bonchev–Trinajstić information content (AvgIpc) is 3.09. The first-order valence-corrected chi connectivity index (χ1v) is 7.56. The van der Waals surface area contributed by atoms with Crippen molar-refractivity contribution >= 4 is 5.91 Å². The molecule has 3 aromatic rings. The molecule has 0 spiro atoms. The van der Waals surface area contributed by atoms with Gasteiger partial charge in [0.15, 0.2) is 0 Å². The van der Waals surface area contributed by atoms with E-state index in [1.165, 1.54) is 36.5 Å². The number of carbonyl (C=O) groups excluding carboxylic acids is 1. The van der Waals surface area contributed by atoms with Gasteiger partial charge in [0.1, 0.15) is 11.6 Å². The molecule has 7 heteroatoms. The molecule has 25 heavy (non-hydrogen) atoms. The number of benzene rings is 2. The van der Waals surface area contributed by atoms with E-state index in [2.05, 4.69) is 15.5 Å². The van der Waals surface area contributed by atoms with E-state index in [0.29, 0.717) is 5.56 Å². The number of nitrogens with zero attached hydrogens (tertiary/aromatic N) is 1. The molecule has 0 aliphatic carbocycles. The highest BCUT2D eigenvalue weighted by Crippen LogP contribution is 2.24. The molecule has 0 unspecified atom stereocenters. The van der Waals surface area contributed by atoms with Gasteiger partial charge in [-0.3, -0.25) is 9.89 Å². The lowest BCUT2D eigenvalue weighted by atomic mass is 10.1. The zero-order chi connectivity index (χ0) is 17.8. The summed E-state index contributed by atoms with van der Waals surface area (Å²) < 4.78 is 27.1. The fraction of sp³-hybridized carbons (Fsp3) is 0.111. The van der Waals surface area contributed by atoms with Crippen LogP contribution in [-0.4, -0.2) is 27.8 Å². The second-order valence-electron chi connectivity index (χ2n) is 5.42. The van der Waals surface area contributed by atoms with Gasteiger partial charge in [0.05, 0.1) is 23.6 Å². The Balaban J connectivity index is 1.73. The van der Waals surface area contributed by atoms with Crippen molar-refractivity contribution < 1.29 is 18.7 Å². The molecule has 0 bridgehead atoms. The maximum absolute atomic E-state index is 13.9. The lowest BCUT2D eigenvalue weighted by molar-refractivity contribution is 0.0917. The van der Waals surface area contributed by atoms with Crippen LogP contribution >= 0.6 is 0 Å². The molecule has 2 aromatic carbocycles. The maximum Gasteiger partial charge on any atom is 0.255 e. The Labute approximate surface area is 142 Å². The first-order chi connectivity index (χ1) is 12.1. The molecule has 3 N–H and O–H groups in total. The maximum atomic E-state index is 13.9. The minimum Gasteiger partial charge on any atom is -0.387 e. The lowest BCUT2D eigenvalue weighted by Gasteiger charge is -2.12. The van der Waals surface area contributed by atoms with E-state index < -0.39 is 23.6 Å². The van der Waals surface area contributed by atoms with Gasteiger partial charge in [-0.1, -0.05) is 24.3 Å². The van der Waals surface area contributed by atoms with Crippen molar-refractivity contribution in [1.29, 1.82) is 0 Å². The van der Waals surface area contributed by atoms with Crippen molar-refractivity contribution in [2.75, 3.05) is 6.54 Å². The highest BCUT2D eigenvalue weighted by atomic mass is 19.1. The number of hydrogen-bond acceptors (Lipinski definition) is 3. The summed E-state index contributed by atoms with van der Waals surface area (Å²) in [6, 6.07) is 11.5. The first kappa shape index (κ1) is 16.8. The van der Waals surface area contributed by atoms with Gasteiger partial charge in [0, 0.05) is 12.1 Å². The average molecular weight is 343 g/mol. The van der Waals surface area contributed by atoms with Crippen LogP contribution in [0.25, 0.3) is 11.3 Å². The number of amides is 1. The quantitative estimate of drug-likeness (QED) is 0.667. The summed E-state index contributed by atoms with van der Waals surface area (Å²) >= 11 is 0. The van der Waals surface area contributed by atoms with Gasteiger partial charge in [-0.15, -0.1) is 0 Å². The largest absolute Gasteiger partial charge is 0.387 e. The molecule has 1 atom stereocenters. The molecule has 3 rings (SSSR count). The number of aromatic nitrogens is 2. The van der Waals surface area contributed by atoms with Crippen LogP contribution in [0.1, 0.15) is 22.0 Å². The van der Waals surface area contributed by atoms with E-state index in [4.69, 9.17) is 0 Å². The fourth-order valence-electron chi connectivity index (χ4n) is 2.44. The molecule has 128 valence electrons. The number of aliphatic hydroxyl groups is 1. The summed E-state index contributed by atoms with van der Waals surface area (Å²) in [5.41, 5.74) is 0.963. The zero-order valence-electron chi connectivity index (χ0n) is 13.0. The number of carbonyl (C=O) groups is 1. The summed E-state index contributed by atoms with van der Waals surface area (Å²) in [4.78, 5) is 12.3. The standard InChI is InChI=1S/C18H15F2N3O2/c19-12-5-3-4-11(8-12)16(24)10-21-18(25)14-9-22-23-17(14)13-6-1-2-7-15(13)20/h1-9,16,24H,10H2,(H,21,25)(H,22,23)/t16-/m0/s1. The Kier molecular flexibility index (Phi) is 4.85. The Bertz CT molecular complexity index is 895. The topological polar surface area (TPSA) is 78.0 Å². The molecule has 5 nitrogen and oxygen atoms in total. The molecule has 0 aliphatic rings. The third-order valence-corrected chi connectivity index (χ3v) is 3.72. The number of H-pyrrole nitrogens is 1. The number of aliphatic hydroxyl groups excluding tert-OH is 1. The van der Waals surface area contributed by atoms with Gasteiger partial charge in [-0.25, -0.2) is 8.78 Å². The first-order valence-electron chi connectivity index (χ1n) is 7.56. The van der Waals surface area contributed by atoms with Crippen LogP contribution in [0.4, 0.5) is 8.78 Å². The van der Waals surface area contributed by atoms with Gasteiger partial charge < -0.3 is 10.4 Å². The normalized spacial score (nSPS) is 12.0. The van der Waals surface area contributed by atoms with E-state index in [1.54, 1.807) is 18.2 Å². The third-order valence-electron chi connectivity index (χ3n) is 3.72. The van der Waals surface area contributed by atoms with Gasteiger partial charge in [0.25, 0.3) is 5.91 Å². The van der Waals surface area contributed by atoms with E-state index in [-0.39, 0.29) is 23.4 Å². The minimum absolute atomic E-state index is 0.121. The van der Waals surface area contributed by atoms with Crippen LogP contribution in [0.5, 0.6) is 0 Å². The number of hydrogen-bond donors (Lipinski definition) is 3. The summed E-state index contributed by atoms with van der Waals surface area (Å²) in [6.45, 7) is -0.121. The minimum atomic E-state index is -1.07. The van der Waals surface area contributed by atoms with E-state index in [1.807, 2.05) is 0 Å². The van der Waals surface area contributed by atoms with Gasteiger partial charge in [-0.05, 0) is 29.8 Å². The second kappa shape index (κ2) is 7.23. The van der Waals surface area contributed by atoms with Crippen LogP contribution in [0.2, 0.25) is 0 Å². The number of halogens is 2. The Hall–Kier alpha value is -3.06. The van der Waals surface area contributed by atoms with Crippen molar-refractivity contribution in [2.24, 2.45) is 0 Å². The van der Waals surface area contributed by atoms with E-state index >= 15 is 0 Å². The molecule has 1 aromatic heterocycles. The molecule has 0 saturated heterocycles. The van der Waals surface area contributed by atoms with Crippen LogP contribution in [0.15, 0.2) is 54.7 Å². The molecule has 1 heterocycles. The molecular formula is C18H15F2N3O2. The monoisotopic (exact) mass is 343 g/mol. The molecule has 0 aliphatic heterocycles. The van der Waals surface area contributed by atoms with Crippen LogP contribution < -0.4 is 5.32 Å². The predicted octanol–water partition coefficient (Wildman–Crippen LogP) is 2.82. The van der Waals surface area contributed by atoms with Crippen LogP contribution in [0, 0.1) is 11.6 Å². The smallest absolute Gasteiger partial charge is 0.255 e. The SMILES string of the molecule is O=C(NC[C@H](O)c1cccc(F)c1)c1cn[nH]c1-c1ccccc1F. The third kappa shape index (κ3) is 3.72. The fourth-order valence-corrected chi connectivity index (χ4v) is 2.44. The van der Waals surface area contributed by atoms with Gasteiger partial charge >= 0.3 is 0 Å². The molecule has 0 saturated carbocycles.